The average Bonchev–Trinajstić information content (AvgIpc) is 3.04. The highest BCUT2D eigenvalue weighted by molar-refractivity contribution is 5.87. The summed E-state index contributed by atoms with van der Waals surface area (Å²) in [7, 11) is 2.79. The lowest BCUT2D eigenvalue weighted by atomic mass is 9.97. The number of aromatic hydroxyl groups is 2. The first-order valence-electron chi connectivity index (χ1n) is 14.5. The Hall–Kier alpha value is -3.51. The first-order chi connectivity index (χ1) is 22.0. The highest BCUT2D eigenvalue weighted by atomic mass is 16.7. The van der Waals surface area contributed by atoms with E-state index < -0.39 is 74.0 Å². The van der Waals surface area contributed by atoms with Gasteiger partial charge < -0.3 is 68.9 Å². The number of ether oxygens (including phenoxy) is 7. The number of carbonyl (C=O) groups is 1. The molecule has 0 aliphatic carbocycles. The maximum absolute atomic E-state index is 12.9. The molecule has 0 spiro atoms. The van der Waals surface area contributed by atoms with E-state index in [-0.39, 0.29) is 30.3 Å². The van der Waals surface area contributed by atoms with Crippen molar-refractivity contribution < 1.29 is 73.7 Å². The molecule has 0 aromatic heterocycles. The lowest BCUT2D eigenvalue weighted by Gasteiger charge is -2.46. The fourth-order valence-electron chi connectivity index (χ4n) is 5.08. The quantitative estimate of drug-likeness (QED) is 0.114. The minimum atomic E-state index is -1.75. The molecule has 0 radical (unpaired) electrons. The molecule has 46 heavy (non-hydrogen) atoms. The van der Waals surface area contributed by atoms with Crippen LogP contribution in [0.25, 0.3) is 6.08 Å². The third-order valence-electron chi connectivity index (χ3n) is 7.68. The molecule has 2 aromatic carbocycles. The summed E-state index contributed by atoms with van der Waals surface area (Å²) in [6.07, 6.45) is -12.1. The van der Waals surface area contributed by atoms with Crippen molar-refractivity contribution in [1.82, 2.24) is 0 Å². The molecule has 0 saturated carbocycles. The molecular weight excluding hydrogens is 612 g/mol. The Balaban J connectivity index is 1.52. The summed E-state index contributed by atoms with van der Waals surface area (Å²) in [5, 5.41) is 72.3. The minimum absolute atomic E-state index is 0.0217. The number of carbonyl (C=O) groups excluding carboxylic acids is 1. The summed E-state index contributed by atoms with van der Waals surface area (Å²) in [4.78, 5) is 12.9. The number of rotatable bonds is 12. The fraction of sp³-hybridized carbons (Fsp3) is 0.516. The Labute approximate surface area is 264 Å². The maximum Gasteiger partial charge on any atom is 0.331 e. The molecule has 2 heterocycles. The highest BCUT2D eigenvalue weighted by Crippen LogP contribution is 2.32. The zero-order valence-electron chi connectivity index (χ0n) is 25.4. The number of phenols is 2. The number of benzene rings is 2. The summed E-state index contributed by atoms with van der Waals surface area (Å²) in [5.74, 6) is -0.625. The first-order valence-corrected chi connectivity index (χ1v) is 14.5. The molecule has 2 aliphatic heterocycles. The summed E-state index contributed by atoms with van der Waals surface area (Å²) in [5.41, 5.74) is 1.16. The molecule has 2 aliphatic rings. The largest absolute Gasteiger partial charge is 0.504 e. The number of hydrogen-bond acceptors (Lipinski definition) is 15. The van der Waals surface area contributed by atoms with Gasteiger partial charge in [0, 0.05) is 6.08 Å². The lowest BCUT2D eigenvalue weighted by molar-refractivity contribution is -0.357. The van der Waals surface area contributed by atoms with Crippen molar-refractivity contribution in [2.45, 2.75) is 74.8 Å². The van der Waals surface area contributed by atoms with Crippen molar-refractivity contribution in [3.63, 3.8) is 0 Å². The van der Waals surface area contributed by atoms with E-state index in [0.717, 1.165) is 6.08 Å². The predicted molar refractivity (Wildman–Crippen MR) is 157 cm³/mol. The molecule has 2 saturated heterocycles. The van der Waals surface area contributed by atoms with Crippen LogP contribution in [0.3, 0.4) is 0 Å². The molecule has 0 unspecified atom stereocenters. The molecule has 2 fully saturated rings. The van der Waals surface area contributed by atoms with E-state index in [1.54, 1.807) is 12.1 Å². The molecule has 0 amide bonds. The minimum Gasteiger partial charge on any atom is -0.504 e. The van der Waals surface area contributed by atoms with Crippen LogP contribution in [0.4, 0.5) is 0 Å². The van der Waals surface area contributed by atoms with E-state index in [9.17, 15) is 40.5 Å². The van der Waals surface area contributed by atoms with Crippen molar-refractivity contribution >= 4 is 12.0 Å². The number of esters is 1. The van der Waals surface area contributed by atoms with Gasteiger partial charge in [0.1, 0.15) is 36.6 Å². The first kappa shape index (κ1) is 35.3. The molecule has 2 aromatic rings. The average molecular weight is 653 g/mol. The van der Waals surface area contributed by atoms with Crippen LogP contribution in [0, 0.1) is 0 Å². The van der Waals surface area contributed by atoms with Gasteiger partial charge in [-0.25, -0.2) is 4.79 Å². The van der Waals surface area contributed by atoms with Crippen LogP contribution >= 0.6 is 0 Å². The Morgan fingerprint density at radius 3 is 2.26 bits per heavy atom. The Morgan fingerprint density at radius 2 is 1.59 bits per heavy atom. The molecular formula is C31H40O15. The third-order valence-corrected chi connectivity index (χ3v) is 7.68. The van der Waals surface area contributed by atoms with Gasteiger partial charge in [0.15, 0.2) is 41.7 Å². The summed E-state index contributed by atoms with van der Waals surface area (Å²) >= 11 is 0. The number of methoxy groups -OCH3 is 2. The zero-order valence-corrected chi connectivity index (χ0v) is 25.4. The normalized spacial score (nSPS) is 31.5. The number of phenolic OH excluding ortho intramolecular Hbond substituents is 2. The van der Waals surface area contributed by atoms with Crippen LogP contribution in [0.5, 0.6) is 23.0 Å². The van der Waals surface area contributed by atoms with Crippen molar-refractivity contribution in [3.05, 3.63) is 53.6 Å². The Bertz CT molecular complexity index is 1340. The summed E-state index contributed by atoms with van der Waals surface area (Å²) in [6, 6.07) is 9.16. The molecule has 15 nitrogen and oxygen atoms in total. The monoisotopic (exact) mass is 652 g/mol. The lowest BCUT2D eigenvalue weighted by Crippen LogP contribution is -2.65. The summed E-state index contributed by atoms with van der Waals surface area (Å²) < 4.78 is 38.6. The van der Waals surface area contributed by atoms with Gasteiger partial charge >= 0.3 is 5.97 Å². The van der Waals surface area contributed by atoms with Crippen molar-refractivity contribution in [2.75, 3.05) is 27.4 Å². The van der Waals surface area contributed by atoms with E-state index in [2.05, 4.69) is 0 Å². The fourth-order valence-corrected chi connectivity index (χ4v) is 5.08. The smallest absolute Gasteiger partial charge is 0.331 e. The van der Waals surface area contributed by atoms with Crippen molar-refractivity contribution in [1.29, 1.82) is 0 Å². The van der Waals surface area contributed by atoms with Crippen LogP contribution < -0.4 is 9.47 Å². The molecule has 0 bridgehead atoms. The molecule has 15 heteroatoms. The van der Waals surface area contributed by atoms with Crippen LogP contribution in [0.15, 0.2) is 42.5 Å². The molecule has 7 N–H and O–H groups in total. The second-order valence-electron chi connectivity index (χ2n) is 10.8. The Morgan fingerprint density at radius 1 is 0.848 bits per heavy atom. The second kappa shape index (κ2) is 15.9. The van der Waals surface area contributed by atoms with E-state index in [0.29, 0.717) is 16.9 Å². The number of hydrogen-bond donors (Lipinski definition) is 7. The van der Waals surface area contributed by atoms with Crippen LogP contribution in [0.2, 0.25) is 0 Å². The van der Waals surface area contributed by atoms with E-state index >= 15 is 0 Å². The predicted octanol–water partition coefficient (Wildman–Crippen LogP) is -0.410. The van der Waals surface area contributed by atoms with E-state index in [1.807, 2.05) is 0 Å². The van der Waals surface area contributed by atoms with Gasteiger partial charge in [-0.1, -0.05) is 12.1 Å². The zero-order chi connectivity index (χ0) is 33.5. The molecule has 4 rings (SSSR count). The highest BCUT2D eigenvalue weighted by Gasteiger charge is 2.52. The van der Waals surface area contributed by atoms with Gasteiger partial charge in [-0.05, 0) is 54.8 Å². The second-order valence-corrected chi connectivity index (χ2v) is 10.8. The molecule has 10 atom stereocenters. The summed E-state index contributed by atoms with van der Waals surface area (Å²) in [6.45, 7) is 0.712. The van der Waals surface area contributed by atoms with E-state index in [4.69, 9.17) is 33.2 Å². The van der Waals surface area contributed by atoms with Gasteiger partial charge in [0.2, 0.25) is 0 Å². The maximum atomic E-state index is 12.9. The molecule has 254 valence electrons. The van der Waals surface area contributed by atoms with Crippen LogP contribution in [-0.2, 0) is 34.9 Å². The van der Waals surface area contributed by atoms with Crippen molar-refractivity contribution in [3.8, 4) is 23.0 Å². The van der Waals surface area contributed by atoms with Gasteiger partial charge in [-0.3, -0.25) is 0 Å². The third kappa shape index (κ3) is 8.25. The van der Waals surface area contributed by atoms with Gasteiger partial charge in [0.05, 0.1) is 33.5 Å². The SMILES string of the molecule is COc1ccc(CCO[C@@H]2O[C@H](CO)[C@@H](OC(=O)/C=C\c3ccc(O)c(OC)c3)[C@H](O[C@H]3O[C@H](C)[C@@H](O)[C@H](O)[C@@H]3O)[C@H]2O)cc1O. The number of aliphatic hydroxyl groups is 5. The number of aliphatic hydroxyl groups excluding tert-OH is 5. The van der Waals surface area contributed by atoms with E-state index in [1.165, 1.54) is 51.5 Å². The van der Waals surface area contributed by atoms with Crippen molar-refractivity contribution in [2.24, 2.45) is 0 Å². The van der Waals surface area contributed by atoms with Gasteiger partial charge in [-0.15, -0.1) is 0 Å². The van der Waals surface area contributed by atoms with Crippen LogP contribution in [-0.4, -0.2) is 131 Å². The standard InChI is InChI=1S/C31H40O15/c1-15-24(36)25(37)26(38)31(43-15)46-29-27(39)30(42-11-10-17-5-8-20(40-2)19(34)12-17)44-22(14-32)28(29)45-23(35)9-6-16-4-7-18(33)21(13-16)41-3/h4-9,12-13,15,22,24-34,36-39H,10-11,14H2,1-3H3/b9-6-/t15-,22-,24-,25+,26+,27-,28-,29-,30-,31-/m1/s1. The topological polar surface area (TPSA) is 223 Å². The Kier molecular flexibility index (Phi) is 12.2. The van der Waals surface area contributed by atoms with Gasteiger partial charge in [-0.2, -0.15) is 0 Å². The van der Waals surface area contributed by atoms with Gasteiger partial charge in [0.25, 0.3) is 0 Å². The van der Waals surface area contributed by atoms with Crippen LogP contribution in [0.1, 0.15) is 18.1 Å².